The molecule has 98 valence electrons. The summed E-state index contributed by atoms with van der Waals surface area (Å²) in [6.45, 7) is 4.73. The van der Waals surface area contributed by atoms with E-state index in [0.29, 0.717) is 6.10 Å². The van der Waals surface area contributed by atoms with Gasteiger partial charge in [0, 0.05) is 19.1 Å². The molecule has 1 aliphatic carbocycles. The lowest BCUT2D eigenvalue weighted by Gasteiger charge is -2.44. The molecule has 3 rings (SSSR count). The zero-order valence-electron chi connectivity index (χ0n) is 10.8. The molecule has 3 nitrogen and oxygen atoms in total. The fraction of sp³-hybridized carbons (Fsp3) is 0.600. The molecule has 1 aromatic carbocycles. The Morgan fingerprint density at radius 3 is 2.56 bits per heavy atom. The Balaban J connectivity index is 1.37. The molecule has 2 aliphatic rings. The van der Waals surface area contributed by atoms with E-state index in [1.165, 1.54) is 18.4 Å². The lowest BCUT2D eigenvalue weighted by molar-refractivity contribution is -0.0801. The Bertz CT molecular complexity index is 356. The van der Waals surface area contributed by atoms with Gasteiger partial charge in [-0.2, -0.15) is 0 Å². The molecule has 1 aromatic rings. The van der Waals surface area contributed by atoms with E-state index in [1.54, 1.807) is 0 Å². The molecule has 0 radical (unpaired) electrons. The third-order valence-corrected chi connectivity index (χ3v) is 3.96. The normalized spacial score (nSPS) is 28.9. The minimum Gasteiger partial charge on any atom is -0.379 e. The maximum atomic E-state index is 5.93. The van der Waals surface area contributed by atoms with Gasteiger partial charge in [-0.1, -0.05) is 30.3 Å². The first kappa shape index (κ1) is 12.2. The highest BCUT2D eigenvalue weighted by Crippen LogP contribution is 2.29. The van der Waals surface area contributed by atoms with Gasteiger partial charge in [0.1, 0.15) is 0 Å². The van der Waals surface area contributed by atoms with E-state index in [-0.39, 0.29) is 0 Å². The van der Waals surface area contributed by atoms with Gasteiger partial charge in [-0.3, -0.25) is 4.90 Å². The van der Waals surface area contributed by atoms with E-state index in [1.807, 2.05) is 6.07 Å². The Hall–Kier alpha value is -0.900. The first-order chi connectivity index (χ1) is 8.92. The summed E-state index contributed by atoms with van der Waals surface area (Å²) in [5, 5.41) is 0. The first-order valence-corrected chi connectivity index (χ1v) is 6.89. The maximum absolute atomic E-state index is 5.93. The molecule has 1 heterocycles. The van der Waals surface area contributed by atoms with E-state index < -0.39 is 0 Å². The first-order valence-electron chi connectivity index (χ1n) is 6.89. The maximum Gasteiger partial charge on any atom is 0.0720 e. The number of hydrogen-bond donors (Lipinski definition) is 0. The molecule has 18 heavy (non-hydrogen) atoms. The lowest BCUT2D eigenvalue weighted by atomic mass is 9.87. The third kappa shape index (κ3) is 2.91. The van der Waals surface area contributed by atoms with Gasteiger partial charge in [0.2, 0.25) is 0 Å². The number of ether oxygens (including phenoxy) is 2. The van der Waals surface area contributed by atoms with Crippen LogP contribution >= 0.6 is 0 Å². The van der Waals surface area contributed by atoms with Gasteiger partial charge in [-0.05, 0) is 18.4 Å². The third-order valence-electron chi connectivity index (χ3n) is 3.96. The van der Waals surface area contributed by atoms with Gasteiger partial charge in [-0.25, -0.2) is 0 Å². The number of morpholine rings is 1. The molecule has 3 heteroatoms. The van der Waals surface area contributed by atoms with Crippen molar-refractivity contribution in [2.75, 3.05) is 26.3 Å². The molecule has 0 spiro atoms. The van der Waals surface area contributed by atoms with Crippen molar-refractivity contribution < 1.29 is 9.47 Å². The largest absolute Gasteiger partial charge is 0.379 e. The molecule has 0 unspecified atom stereocenters. The zero-order chi connectivity index (χ0) is 12.2. The van der Waals surface area contributed by atoms with Gasteiger partial charge >= 0.3 is 0 Å². The van der Waals surface area contributed by atoms with E-state index in [9.17, 15) is 0 Å². The van der Waals surface area contributed by atoms with Crippen LogP contribution in [0.25, 0.3) is 0 Å². The second-order valence-corrected chi connectivity index (χ2v) is 5.19. The van der Waals surface area contributed by atoms with Crippen LogP contribution in [0.2, 0.25) is 0 Å². The van der Waals surface area contributed by atoms with Crippen LogP contribution in [0.15, 0.2) is 30.3 Å². The van der Waals surface area contributed by atoms with Gasteiger partial charge in [0.25, 0.3) is 0 Å². The second kappa shape index (κ2) is 5.83. The van der Waals surface area contributed by atoms with Crippen molar-refractivity contribution in [3.63, 3.8) is 0 Å². The van der Waals surface area contributed by atoms with Crippen LogP contribution in [-0.2, 0) is 16.1 Å². The van der Waals surface area contributed by atoms with E-state index >= 15 is 0 Å². The van der Waals surface area contributed by atoms with Gasteiger partial charge in [0.05, 0.1) is 25.9 Å². The Labute approximate surface area is 109 Å². The number of hydrogen-bond acceptors (Lipinski definition) is 3. The molecule has 1 aliphatic heterocycles. The topological polar surface area (TPSA) is 21.7 Å². The summed E-state index contributed by atoms with van der Waals surface area (Å²) in [4.78, 5) is 2.55. The average molecular weight is 247 g/mol. The molecule has 1 saturated heterocycles. The van der Waals surface area contributed by atoms with Crippen LogP contribution in [0, 0.1) is 0 Å². The molecule has 1 saturated carbocycles. The average Bonchev–Trinajstić information content (AvgIpc) is 2.39. The summed E-state index contributed by atoms with van der Waals surface area (Å²) in [6.07, 6.45) is 2.83. The summed E-state index contributed by atoms with van der Waals surface area (Å²) in [6, 6.07) is 11.2. The fourth-order valence-electron chi connectivity index (χ4n) is 2.70. The summed E-state index contributed by atoms with van der Waals surface area (Å²) in [7, 11) is 0. The standard InChI is InChI=1S/C15H21NO2/c1-2-4-13(5-3-1)12-18-15-10-14(11-15)16-6-8-17-9-7-16/h1-5,14-15H,6-12H2/t14-,15-. The van der Waals surface area contributed by atoms with Crippen LogP contribution in [-0.4, -0.2) is 43.3 Å². The summed E-state index contributed by atoms with van der Waals surface area (Å²) in [5.41, 5.74) is 1.27. The molecule has 0 aromatic heterocycles. The minimum absolute atomic E-state index is 0.457. The summed E-state index contributed by atoms with van der Waals surface area (Å²) >= 11 is 0. The SMILES string of the molecule is c1ccc(CO[C@H]2C[C@H](N3CCOCC3)C2)cc1. The molecule has 0 amide bonds. The van der Waals surface area contributed by atoms with Crippen LogP contribution < -0.4 is 0 Å². The molecular weight excluding hydrogens is 226 g/mol. The summed E-state index contributed by atoms with van der Waals surface area (Å²) in [5.74, 6) is 0. The fourth-order valence-corrected chi connectivity index (χ4v) is 2.70. The van der Waals surface area contributed by atoms with Gasteiger partial charge in [0.15, 0.2) is 0 Å². The highest BCUT2D eigenvalue weighted by atomic mass is 16.5. The van der Waals surface area contributed by atoms with E-state index in [4.69, 9.17) is 9.47 Å². The summed E-state index contributed by atoms with van der Waals surface area (Å²) < 4.78 is 11.3. The molecule has 0 N–H and O–H groups in total. The quantitative estimate of drug-likeness (QED) is 0.813. The lowest BCUT2D eigenvalue weighted by Crippen LogP contribution is -2.52. The molecule has 2 fully saturated rings. The highest BCUT2D eigenvalue weighted by molar-refractivity contribution is 5.13. The Kier molecular flexibility index (Phi) is 3.93. The van der Waals surface area contributed by atoms with E-state index in [2.05, 4.69) is 29.2 Å². The van der Waals surface area contributed by atoms with Crippen molar-refractivity contribution in [3.8, 4) is 0 Å². The predicted molar refractivity (Wildman–Crippen MR) is 70.4 cm³/mol. The van der Waals surface area contributed by atoms with Crippen molar-refractivity contribution >= 4 is 0 Å². The van der Waals surface area contributed by atoms with Crippen molar-refractivity contribution in [1.82, 2.24) is 4.90 Å². The monoisotopic (exact) mass is 247 g/mol. The smallest absolute Gasteiger partial charge is 0.0720 e. The van der Waals surface area contributed by atoms with E-state index in [0.717, 1.165) is 39.0 Å². The van der Waals surface area contributed by atoms with Crippen molar-refractivity contribution in [3.05, 3.63) is 35.9 Å². The molecule has 0 bridgehead atoms. The van der Waals surface area contributed by atoms with Crippen molar-refractivity contribution in [2.24, 2.45) is 0 Å². The minimum atomic E-state index is 0.457. The Morgan fingerprint density at radius 2 is 1.83 bits per heavy atom. The zero-order valence-corrected chi connectivity index (χ0v) is 10.8. The molecular formula is C15H21NO2. The Morgan fingerprint density at radius 1 is 1.11 bits per heavy atom. The van der Waals surface area contributed by atoms with Crippen molar-refractivity contribution in [2.45, 2.75) is 31.6 Å². The molecule has 0 atom stereocenters. The van der Waals surface area contributed by atoms with Crippen LogP contribution in [0.4, 0.5) is 0 Å². The van der Waals surface area contributed by atoms with Gasteiger partial charge < -0.3 is 9.47 Å². The second-order valence-electron chi connectivity index (χ2n) is 5.19. The highest BCUT2D eigenvalue weighted by Gasteiger charge is 2.34. The van der Waals surface area contributed by atoms with Crippen LogP contribution in [0.1, 0.15) is 18.4 Å². The predicted octanol–water partition coefficient (Wildman–Crippen LogP) is 2.07. The number of nitrogens with zero attached hydrogens (tertiary/aromatic N) is 1. The van der Waals surface area contributed by atoms with Crippen LogP contribution in [0.3, 0.4) is 0 Å². The van der Waals surface area contributed by atoms with Crippen molar-refractivity contribution in [1.29, 1.82) is 0 Å². The number of benzene rings is 1. The van der Waals surface area contributed by atoms with Crippen LogP contribution in [0.5, 0.6) is 0 Å². The van der Waals surface area contributed by atoms with Gasteiger partial charge in [-0.15, -0.1) is 0 Å². The number of rotatable bonds is 4.